The minimum Gasteiger partial charge on any atom is -0.398 e. The number of benzene rings is 2. The molecule has 0 aliphatic rings. The van der Waals surface area contributed by atoms with Gasteiger partial charge in [-0.15, -0.1) is 5.10 Å². The molecular weight excluding hydrogens is 309 g/mol. The Hall–Kier alpha value is -2.11. The fourth-order valence-electron chi connectivity index (χ4n) is 2.09. The van der Waals surface area contributed by atoms with Crippen molar-refractivity contribution in [2.24, 2.45) is 0 Å². The van der Waals surface area contributed by atoms with Crippen molar-refractivity contribution >= 4 is 28.9 Å². The van der Waals surface area contributed by atoms with Crippen LogP contribution >= 0.6 is 23.2 Å². The molecule has 0 saturated heterocycles. The van der Waals surface area contributed by atoms with Gasteiger partial charge >= 0.3 is 0 Å². The van der Waals surface area contributed by atoms with Crippen LogP contribution in [0.5, 0.6) is 0 Å². The second kappa shape index (κ2) is 5.35. The quantitative estimate of drug-likeness (QED) is 0.733. The molecule has 0 atom stereocenters. The minimum atomic E-state index is 0.517. The van der Waals surface area contributed by atoms with Gasteiger partial charge in [0.05, 0.1) is 5.69 Å². The summed E-state index contributed by atoms with van der Waals surface area (Å²) < 4.78 is 1.58. The molecule has 2 N–H and O–H groups in total. The summed E-state index contributed by atoms with van der Waals surface area (Å²) in [6, 6.07) is 10.8. The highest BCUT2D eigenvalue weighted by Gasteiger charge is 2.14. The first-order chi connectivity index (χ1) is 10.1. The lowest BCUT2D eigenvalue weighted by molar-refractivity contribution is 0.791. The third kappa shape index (κ3) is 2.57. The van der Waals surface area contributed by atoms with E-state index in [-0.39, 0.29) is 0 Å². The van der Waals surface area contributed by atoms with Crippen molar-refractivity contribution in [3.63, 3.8) is 0 Å². The lowest BCUT2D eigenvalue weighted by Crippen LogP contribution is -2.02. The van der Waals surface area contributed by atoms with Crippen molar-refractivity contribution in [1.29, 1.82) is 0 Å². The number of anilines is 1. The van der Waals surface area contributed by atoms with Crippen LogP contribution in [0.15, 0.2) is 36.4 Å². The Morgan fingerprint density at radius 2 is 1.81 bits per heavy atom. The molecule has 0 fully saturated rings. The number of nitrogen functional groups attached to an aromatic ring is 1. The molecule has 3 aromatic rings. The maximum absolute atomic E-state index is 6.04. The van der Waals surface area contributed by atoms with Crippen molar-refractivity contribution in [3.8, 4) is 17.1 Å². The minimum absolute atomic E-state index is 0.517. The van der Waals surface area contributed by atoms with E-state index in [1.165, 1.54) is 0 Å². The van der Waals surface area contributed by atoms with Gasteiger partial charge in [0.2, 0.25) is 0 Å². The highest BCUT2D eigenvalue weighted by Crippen LogP contribution is 2.28. The Bertz CT molecular complexity index is 793. The topological polar surface area (TPSA) is 69.6 Å². The Kier molecular flexibility index (Phi) is 3.53. The highest BCUT2D eigenvalue weighted by molar-refractivity contribution is 6.34. The Morgan fingerprint density at radius 3 is 2.52 bits per heavy atom. The lowest BCUT2D eigenvalue weighted by atomic mass is 10.1. The van der Waals surface area contributed by atoms with Gasteiger partial charge in [-0.1, -0.05) is 35.3 Å². The van der Waals surface area contributed by atoms with E-state index in [9.17, 15) is 0 Å². The Morgan fingerprint density at radius 1 is 1.10 bits per heavy atom. The Labute approximate surface area is 131 Å². The molecule has 0 aliphatic heterocycles. The summed E-state index contributed by atoms with van der Waals surface area (Å²) >= 11 is 12.1. The molecule has 0 bridgehead atoms. The molecule has 5 nitrogen and oxygen atoms in total. The van der Waals surface area contributed by atoms with E-state index in [1.54, 1.807) is 22.9 Å². The molecule has 0 radical (unpaired) electrons. The van der Waals surface area contributed by atoms with Crippen molar-refractivity contribution in [3.05, 3.63) is 52.0 Å². The van der Waals surface area contributed by atoms with Gasteiger partial charge in [0.25, 0.3) is 0 Å². The predicted molar refractivity (Wildman–Crippen MR) is 83.8 cm³/mol. The average molecular weight is 320 g/mol. The molecule has 7 heteroatoms. The van der Waals surface area contributed by atoms with E-state index in [0.29, 0.717) is 27.2 Å². The van der Waals surface area contributed by atoms with Gasteiger partial charge in [0, 0.05) is 21.3 Å². The van der Waals surface area contributed by atoms with E-state index in [4.69, 9.17) is 28.9 Å². The summed E-state index contributed by atoms with van der Waals surface area (Å²) in [6.45, 7) is 1.93. The maximum Gasteiger partial charge on any atom is 0.187 e. The number of halogens is 2. The molecule has 0 unspecified atom stereocenters. The monoisotopic (exact) mass is 319 g/mol. The molecule has 3 rings (SSSR count). The number of nitrogens with two attached hydrogens (primary N) is 1. The zero-order chi connectivity index (χ0) is 15.0. The van der Waals surface area contributed by atoms with Crippen LogP contribution in [0.3, 0.4) is 0 Å². The molecule has 1 heterocycles. The van der Waals surface area contributed by atoms with Crippen molar-refractivity contribution in [1.82, 2.24) is 20.2 Å². The van der Waals surface area contributed by atoms with Crippen LogP contribution in [0.1, 0.15) is 5.56 Å². The molecule has 0 amide bonds. The summed E-state index contributed by atoms with van der Waals surface area (Å²) in [6.07, 6.45) is 0. The van der Waals surface area contributed by atoms with Crippen LogP contribution in [0.25, 0.3) is 17.1 Å². The van der Waals surface area contributed by atoms with Crippen molar-refractivity contribution in [2.45, 2.75) is 6.92 Å². The second-order valence-corrected chi connectivity index (χ2v) is 5.43. The number of hydrogen-bond donors (Lipinski definition) is 1. The molecule has 106 valence electrons. The van der Waals surface area contributed by atoms with Gasteiger partial charge in [-0.2, -0.15) is 4.68 Å². The number of tetrazole rings is 1. The van der Waals surface area contributed by atoms with Gasteiger partial charge in [-0.05, 0) is 47.2 Å². The summed E-state index contributed by atoms with van der Waals surface area (Å²) in [5.74, 6) is 0.582. The number of rotatable bonds is 2. The number of hydrogen-bond acceptors (Lipinski definition) is 4. The van der Waals surface area contributed by atoms with Crippen LogP contribution < -0.4 is 5.73 Å². The van der Waals surface area contributed by atoms with Crippen LogP contribution in [0.2, 0.25) is 10.0 Å². The van der Waals surface area contributed by atoms with E-state index in [1.807, 2.05) is 25.1 Å². The summed E-state index contributed by atoms with van der Waals surface area (Å²) in [7, 11) is 0. The fraction of sp³-hybridized carbons (Fsp3) is 0.0714. The SMILES string of the molecule is Cc1c(N)cccc1-c1nnnn1-c1cc(Cl)cc(Cl)c1. The van der Waals surface area contributed by atoms with E-state index < -0.39 is 0 Å². The van der Waals surface area contributed by atoms with Gasteiger partial charge in [-0.3, -0.25) is 0 Å². The largest absolute Gasteiger partial charge is 0.398 e. The summed E-state index contributed by atoms with van der Waals surface area (Å²) in [5, 5.41) is 12.9. The third-order valence-corrected chi connectivity index (χ3v) is 3.61. The van der Waals surface area contributed by atoms with Crippen molar-refractivity contribution in [2.75, 3.05) is 5.73 Å². The first kappa shape index (κ1) is 13.9. The van der Waals surface area contributed by atoms with Gasteiger partial charge in [0.1, 0.15) is 0 Å². The van der Waals surface area contributed by atoms with Crippen LogP contribution in [-0.2, 0) is 0 Å². The second-order valence-electron chi connectivity index (χ2n) is 4.56. The molecule has 21 heavy (non-hydrogen) atoms. The molecule has 2 aromatic carbocycles. The molecular formula is C14H11Cl2N5. The number of aromatic nitrogens is 4. The zero-order valence-electron chi connectivity index (χ0n) is 11.1. The normalized spacial score (nSPS) is 10.8. The first-order valence-corrected chi connectivity index (χ1v) is 6.92. The van der Waals surface area contributed by atoms with E-state index in [2.05, 4.69) is 15.5 Å². The van der Waals surface area contributed by atoms with Gasteiger partial charge in [-0.25, -0.2) is 0 Å². The Balaban J connectivity index is 2.19. The third-order valence-electron chi connectivity index (χ3n) is 3.18. The molecule has 0 saturated carbocycles. The molecule has 0 aliphatic carbocycles. The van der Waals surface area contributed by atoms with Crippen LogP contribution in [0, 0.1) is 6.92 Å². The predicted octanol–water partition coefficient (Wildman–Crippen LogP) is 3.53. The van der Waals surface area contributed by atoms with E-state index >= 15 is 0 Å². The zero-order valence-corrected chi connectivity index (χ0v) is 12.6. The first-order valence-electron chi connectivity index (χ1n) is 6.16. The van der Waals surface area contributed by atoms with Crippen molar-refractivity contribution < 1.29 is 0 Å². The van der Waals surface area contributed by atoms with Gasteiger partial charge < -0.3 is 5.73 Å². The summed E-state index contributed by atoms with van der Waals surface area (Å²) in [5.41, 5.74) is 9.09. The van der Waals surface area contributed by atoms with Crippen LogP contribution in [-0.4, -0.2) is 20.2 Å². The van der Waals surface area contributed by atoms with Crippen LogP contribution in [0.4, 0.5) is 5.69 Å². The summed E-state index contributed by atoms with van der Waals surface area (Å²) in [4.78, 5) is 0. The average Bonchev–Trinajstić information content (AvgIpc) is 2.90. The number of nitrogens with zero attached hydrogens (tertiary/aromatic N) is 4. The molecule has 1 aromatic heterocycles. The maximum atomic E-state index is 6.04. The smallest absolute Gasteiger partial charge is 0.187 e. The van der Waals surface area contributed by atoms with Gasteiger partial charge in [0.15, 0.2) is 5.82 Å². The lowest BCUT2D eigenvalue weighted by Gasteiger charge is -2.09. The standard InChI is InChI=1S/C14H11Cl2N5/c1-8-12(3-2-4-13(8)17)14-18-19-20-21(14)11-6-9(15)5-10(16)7-11/h2-7H,17H2,1H3. The molecule has 0 spiro atoms. The highest BCUT2D eigenvalue weighted by atomic mass is 35.5. The van der Waals surface area contributed by atoms with E-state index in [0.717, 1.165) is 11.1 Å². The fourth-order valence-corrected chi connectivity index (χ4v) is 2.60.